The van der Waals surface area contributed by atoms with Crippen LogP contribution >= 0.6 is 11.6 Å². The zero-order valence-corrected chi connectivity index (χ0v) is 17.4. The van der Waals surface area contributed by atoms with E-state index in [9.17, 15) is 9.59 Å². The first-order chi connectivity index (χ1) is 14.0. The van der Waals surface area contributed by atoms with E-state index >= 15 is 0 Å². The topological polar surface area (TPSA) is 73.9 Å². The van der Waals surface area contributed by atoms with Crippen LogP contribution < -0.4 is 14.8 Å². The van der Waals surface area contributed by atoms with Crippen molar-refractivity contribution in [3.05, 3.63) is 64.7 Å². The second-order valence-electron chi connectivity index (χ2n) is 6.07. The van der Waals surface area contributed by atoms with Gasteiger partial charge in [0, 0.05) is 11.1 Å². The van der Waals surface area contributed by atoms with E-state index in [0.29, 0.717) is 23.1 Å². The second kappa shape index (κ2) is 11.1. The number of benzene rings is 2. The van der Waals surface area contributed by atoms with Crippen molar-refractivity contribution in [2.75, 3.05) is 20.8 Å². The average molecular weight is 418 g/mol. The first-order valence-corrected chi connectivity index (χ1v) is 9.46. The molecule has 0 saturated carbocycles. The molecule has 0 aliphatic heterocycles. The third-order valence-corrected chi connectivity index (χ3v) is 4.35. The van der Waals surface area contributed by atoms with Crippen molar-refractivity contribution in [1.82, 2.24) is 5.32 Å². The maximum absolute atomic E-state index is 12.4. The summed E-state index contributed by atoms with van der Waals surface area (Å²) in [5, 5.41) is 3.39. The quantitative estimate of drug-likeness (QED) is 0.489. The Kier molecular flexibility index (Phi) is 8.55. The summed E-state index contributed by atoms with van der Waals surface area (Å²) in [4.78, 5) is 24.2. The molecule has 0 aliphatic carbocycles. The zero-order valence-electron chi connectivity index (χ0n) is 16.6. The van der Waals surface area contributed by atoms with Crippen LogP contribution in [0.25, 0.3) is 6.08 Å². The Morgan fingerprint density at radius 2 is 1.83 bits per heavy atom. The van der Waals surface area contributed by atoms with Gasteiger partial charge in [-0.1, -0.05) is 29.8 Å². The molecule has 0 heterocycles. The van der Waals surface area contributed by atoms with Crippen molar-refractivity contribution in [1.29, 1.82) is 0 Å². The molecule has 154 valence electrons. The highest BCUT2D eigenvalue weighted by molar-refractivity contribution is 6.30. The lowest BCUT2D eigenvalue weighted by molar-refractivity contribution is -0.141. The molecule has 6 nitrogen and oxygen atoms in total. The van der Waals surface area contributed by atoms with Crippen molar-refractivity contribution < 1.29 is 23.8 Å². The normalized spacial score (nSPS) is 11.7. The molecule has 0 saturated heterocycles. The number of ether oxygens (including phenoxy) is 3. The Morgan fingerprint density at radius 1 is 1.10 bits per heavy atom. The number of amides is 1. The van der Waals surface area contributed by atoms with Crippen LogP contribution in [-0.2, 0) is 14.3 Å². The molecular weight excluding hydrogens is 394 g/mol. The number of nitrogens with one attached hydrogen (secondary N) is 1. The molecule has 0 bridgehead atoms. The highest BCUT2D eigenvalue weighted by Crippen LogP contribution is 2.28. The molecule has 1 atom stereocenters. The Labute approximate surface area is 175 Å². The largest absolute Gasteiger partial charge is 0.493 e. The fourth-order valence-corrected chi connectivity index (χ4v) is 2.78. The number of halogens is 1. The summed E-state index contributed by atoms with van der Waals surface area (Å²) in [5.41, 5.74) is 1.53. The smallest absolute Gasteiger partial charge is 0.307 e. The summed E-state index contributed by atoms with van der Waals surface area (Å²) >= 11 is 5.92. The fourth-order valence-electron chi connectivity index (χ4n) is 2.65. The maximum atomic E-state index is 12.4. The number of methoxy groups -OCH3 is 2. The third kappa shape index (κ3) is 6.84. The van der Waals surface area contributed by atoms with Gasteiger partial charge in [-0.25, -0.2) is 0 Å². The van der Waals surface area contributed by atoms with Crippen molar-refractivity contribution in [2.45, 2.75) is 19.4 Å². The Morgan fingerprint density at radius 3 is 2.45 bits per heavy atom. The van der Waals surface area contributed by atoms with E-state index in [2.05, 4.69) is 5.32 Å². The standard InChI is InChI=1S/C22H24ClNO5/c1-4-29-19-11-5-15(13-20(19)27-2)6-12-21(25)24-18(14-22(26)28-3)16-7-9-17(23)10-8-16/h5-13,18H,4,14H2,1-3H3,(H,24,25)/b12-6+. The predicted molar refractivity (Wildman–Crippen MR) is 112 cm³/mol. The van der Waals surface area contributed by atoms with E-state index in [1.807, 2.05) is 13.0 Å². The van der Waals surface area contributed by atoms with E-state index in [1.165, 1.54) is 13.2 Å². The molecule has 1 unspecified atom stereocenters. The summed E-state index contributed by atoms with van der Waals surface area (Å²) in [7, 11) is 2.86. The first kappa shape index (κ1) is 22.3. The number of hydrogen-bond acceptors (Lipinski definition) is 5. The lowest BCUT2D eigenvalue weighted by atomic mass is 10.0. The summed E-state index contributed by atoms with van der Waals surface area (Å²) in [6.45, 7) is 2.42. The minimum atomic E-state index is -0.535. The van der Waals surface area contributed by atoms with E-state index in [-0.39, 0.29) is 12.3 Å². The summed E-state index contributed by atoms with van der Waals surface area (Å²) in [6.07, 6.45) is 3.06. The molecule has 1 amide bonds. The van der Waals surface area contributed by atoms with Crippen LogP contribution in [0.4, 0.5) is 0 Å². The van der Waals surface area contributed by atoms with Gasteiger partial charge in [0.2, 0.25) is 5.91 Å². The number of carbonyl (C=O) groups excluding carboxylic acids is 2. The molecule has 0 radical (unpaired) electrons. The van der Waals surface area contributed by atoms with Crippen LogP contribution in [0, 0.1) is 0 Å². The first-order valence-electron chi connectivity index (χ1n) is 9.08. The second-order valence-corrected chi connectivity index (χ2v) is 6.51. The Bertz CT molecular complexity index is 864. The highest BCUT2D eigenvalue weighted by atomic mass is 35.5. The van der Waals surface area contributed by atoms with Gasteiger partial charge in [0.05, 0.1) is 33.3 Å². The van der Waals surface area contributed by atoms with Gasteiger partial charge in [-0.3, -0.25) is 9.59 Å². The van der Waals surface area contributed by atoms with E-state index < -0.39 is 12.0 Å². The average Bonchev–Trinajstić information content (AvgIpc) is 2.73. The van der Waals surface area contributed by atoms with E-state index in [1.54, 1.807) is 49.6 Å². The molecule has 0 spiro atoms. The van der Waals surface area contributed by atoms with Crippen LogP contribution in [0.3, 0.4) is 0 Å². The van der Waals surface area contributed by atoms with Crippen LogP contribution in [0.15, 0.2) is 48.5 Å². The minimum absolute atomic E-state index is 0.00852. The van der Waals surface area contributed by atoms with Gasteiger partial charge in [0.25, 0.3) is 0 Å². The summed E-state index contributed by atoms with van der Waals surface area (Å²) < 4.78 is 15.5. The number of esters is 1. The lowest BCUT2D eigenvalue weighted by Gasteiger charge is -2.17. The molecule has 29 heavy (non-hydrogen) atoms. The molecule has 0 aromatic heterocycles. The van der Waals surface area contributed by atoms with E-state index in [4.69, 9.17) is 25.8 Å². The summed E-state index contributed by atoms with van der Waals surface area (Å²) in [6, 6.07) is 11.8. The molecule has 7 heteroatoms. The van der Waals surface area contributed by atoms with Crippen molar-refractivity contribution in [2.24, 2.45) is 0 Å². The lowest BCUT2D eigenvalue weighted by Crippen LogP contribution is -2.29. The highest BCUT2D eigenvalue weighted by Gasteiger charge is 2.18. The van der Waals surface area contributed by atoms with Gasteiger partial charge in [-0.2, -0.15) is 0 Å². The van der Waals surface area contributed by atoms with Gasteiger partial charge in [-0.05, 0) is 48.4 Å². The molecule has 0 aliphatic rings. The van der Waals surface area contributed by atoms with Crippen molar-refractivity contribution in [3.8, 4) is 11.5 Å². The number of carbonyl (C=O) groups is 2. The van der Waals surface area contributed by atoms with Crippen LogP contribution in [0.1, 0.15) is 30.5 Å². The molecule has 0 fully saturated rings. The Hall–Kier alpha value is -2.99. The summed E-state index contributed by atoms with van der Waals surface area (Å²) in [5.74, 6) is 0.448. The van der Waals surface area contributed by atoms with Crippen LogP contribution in [0.2, 0.25) is 5.02 Å². The van der Waals surface area contributed by atoms with Gasteiger partial charge in [0.1, 0.15) is 0 Å². The fraction of sp³-hybridized carbons (Fsp3) is 0.273. The molecular formula is C22H24ClNO5. The van der Waals surface area contributed by atoms with Gasteiger partial charge >= 0.3 is 5.97 Å². The van der Waals surface area contributed by atoms with Crippen molar-refractivity contribution in [3.63, 3.8) is 0 Å². The van der Waals surface area contributed by atoms with Gasteiger partial charge < -0.3 is 19.5 Å². The third-order valence-electron chi connectivity index (χ3n) is 4.10. The SMILES string of the molecule is CCOc1ccc(/C=C/C(=O)NC(CC(=O)OC)c2ccc(Cl)cc2)cc1OC. The minimum Gasteiger partial charge on any atom is -0.493 e. The van der Waals surface area contributed by atoms with Gasteiger partial charge in [-0.15, -0.1) is 0 Å². The van der Waals surface area contributed by atoms with E-state index in [0.717, 1.165) is 11.1 Å². The predicted octanol–water partition coefficient (Wildman–Crippen LogP) is 4.18. The number of rotatable bonds is 9. The Balaban J connectivity index is 2.12. The molecule has 2 aromatic rings. The molecule has 2 rings (SSSR count). The zero-order chi connectivity index (χ0) is 21.2. The monoisotopic (exact) mass is 417 g/mol. The maximum Gasteiger partial charge on any atom is 0.307 e. The van der Waals surface area contributed by atoms with Crippen LogP contribution in [0.5, 0.6) is 11.5 Å². The van der Waals surface area contributed by atoms with Crippen LogP contribution in [-0.4, -0.2) is 32.7 Å². The molecule has 2 aromatic carbocycles. The van der Waals surface area contributed by atoms with Crippen molar-refractivity contribution >= 4 is 29.6 Å². The number of hydrogen-bond donors (Lipinski definition) is 1. The van der Waals surface area contributed by atoms with Gasteiger partial charge in [0.15, 0.2) is 11.5 Å². The molecule has 1 N–H and O–H groups in total.